The van der Waals surface area contributed by atoms with Gasteiger partial charge in [0.05, 0.1) is 5.60 Å². The molecular formula is C11H14OS. The molecule has 1 nitrogen and oxygen atoms in total. The predicted octanol–water partition coefficient (Wildman–Crippen LogP) is 2.64. The SMILES string of the molecule is CSc1ccccc1C1(O)CC1C. The van der Waals surface area contributed by atoms with Crippen LogP contribution in [-0.2, 0) is 5.60 Å². The van der Waals surface area contributed by atoms with Gasteiger partial charge in [0, 0.05) is 4.90 Å². The van der Waals surface area contributed by atoms with Crippen molar-refractivity contribution in [1.29, 1.82) is 0 Å². The van der Waals surface area contributed by atoms with Gasteiger partial charge in [-0.1, -0.05) is 25.1 Å². The molecule has 70 valence electrons. The fraction of sp³-hybridized carbons (Fsp3) is 0.455. The normalized spacial score (nSPS) is 31.8. The van der Waals surface area contributed by atoms with Crippen molar-refractivity contribution in [2.24, 2.45) is 5.92 Å². The van der Waals surface area contributed by atoms with E-state index in [1.807, 2.05) is 18.2 Å². The molecule has 1 saturated carbocycles. The number of aliphatic hydroxyl groups is 1. The van der Waals surface area contributed by atoms with Crippen molar-refractivity contribution in [1.82, 2.24) is 0 Å². The fourth-order valence-electron chi connectivity index (χ4n) is 1.79. The standard InChI is InChI=1S/C11H14OS/c1-8-7-11(8,12)9-5-3-4-6-10(9)13-2/h3-6,8,12H,7H2,1-2H3. The van der Waals surface area contributed by atoms with Crippen molar-refractivity contribution < 1.29 is 5.11 Å². The van der Waals surface area contributed by atoms with Gasteiger partial charge in [-0.15, -0.1) is 11.8 Å². The van der Waals surface area contributed by atoms with Crippen LogP contribution in [0.3, 0.4) is 0 Å². The van der Waals surface area contributed by atoms with Crippen LogP contribution < -0.4 is 0 Å². The number of hydrogen-bond donors (Lipinski definition) is 1. The van der Waals surface area contributed by atoms with E-state index < -0.39 is 5.60 Å². The van der Waals surface area contributed by atoms with E-state index >= 15 is 0 Å². The molecule has 0 aromatic heterocycles. The third-order valence-corrected chi connectivity index (χ3v) is 3.64. The number of benzene rings is 1. The maximum Gasteiger partial charge on any atom is 0.0937 e. The van der Waals surface area contributed by atoms with E-state index in [0.29, 0.717) is 5.92 Å². The van der Waals surface area contributed by atoms with Crippen molar-refractivity contribution in [3.63, 3.8) is 0 Å². The molecule has 0 aliphatic heterocycles. The van der Waals surface area contributed by atoms with Gasteiger partial charge in [0.1, 0.15) is 0 Å². The Labute approximate surface area is 83.2 Å². The molecule has 2 atom stereocenters. The maximum absolute atomic E-state index is 10.2. The summed E-state index contributed by atoms with van der Waals surface area (Å²) < 4.78 is 0. The first-order valence-corrected chi connectivity index (χ1v) is 5.77. The van der Waals surface area contributed by atoms with Crippen molar-refractivity contribution in [2.75, 3.05) is 6.26 Å². The highest BCUT2D eigenvalue weighted by molar-refractivity contribution is 7.98. The summed E-state index contributed by atoms with van der Waals surface area (Å²) >= 11 is 1.70. The van der Waals surface area contributed by atoms with E-state index in [9.17, 15) is 5.11 Å². The summed E-state index contributed by atoms with van der Waals surface area (Å²) in [7, 11) is 0. The Morgan fingerprint density at radius 1 is 1.46 bits per heavy atom. The minimum Gasteiger partial charge on any atom is -0.385 e. The quantitative estimate of drug-likeness (QED) is 0.730. The number of thioether (sulfide) groups is 1. The van der Waals surface area contributed by atoms with Gasteiger partial charge < -0.3 is 5.11 Å². The highest BCUT2D eigenvalue weighted by atomic mass is 32.2. The zero-order chi connectivity index (χ0) is 9.47. The molecule has 0 heterocycles. The summed E-state index contributed by atoms with van der Waals surface area (Å²) in [5.41, 5.74) is 0.578. The van der Waals surface area contributed by atoms with Crippen LogP contribution in [0.1, 0.15) is 18.9 Å². The van der Waals surface area contributed by atoms with Gasteiger partial charge in [-0.2, -0.15) is 0 Å². The average molecular weight is 194 g/mol. The van der Waals surface area contributed by atoms with Gasteiger partial charge in [0.25, 0.3) is 0 Å². The van der Waals surface area contributed by atoms with E-state index in [0.717, 1.165) is 12.0 Å². The zero-order valence-corrected chi connectivity index (χ0v) is 8.77. The summed E-state index contributed by atoms with van der Waals surface area (Å²) in [5.74, 6) is 0.417. The van der Waals surface area contributed by atoms with E-state index in [1.165, 1.54) is 4.90 Å². The third kappa shape index (κ3) is 1.38. The minimum absolute atomic E-state index is 0.417. The maximum atomic E-state index is 10.2. The molecule has 1 aliphatic rings. The van der Waals surface area contributed by atoms with Crippen LogP contribution >= 0.6 is 11.8 Å². The summed E-state index contributed by atoms with van der Waals surface area (Å²) in [5, 5.41) is 10.2. The molecule has 0 spiro atoms. The van der Waals surface area contributed by atoms with E-state index in [2.05, 4.69) is 19.2 Å². The monoisotopic (exact) mass is 194 g/mol. The first-order chi connectivity index (χ1) is 6.18. The molecular weight excluding hydrogens is 180 g/mol. The van der Waals surface area contributed by atoms with Gasteiger partial charge >= 0.3 is 0 Å². The number of rotatable bonds is 2. The van der Waals surface area contributed by atoms with Crippen LogP contribution in [0.2, 0.25) is 0 Å². The Balaban J connectivity index is 2.40. The van der Waals surface area contributed by atoms with Gasteiger partial charge in [-0.05, 0) is 30.2 Å². The van der Waals surface area contributed by atoms with Crippen LogP contribution in [-0.4, -0.2) is 11.4 Å². The van der Waals surface area contributed by atoms with Crippen LogP contribution in [0, 0.1) is 5.92 Å². The van der Waals surface area contributed by atoms with Crippen LogP contribution in [0.4, 0.5) is 0 Å². The predicted molar refractivity (Wildman–Crippen MR) is 55.9 cm³/mol. The van der Waals surface area contributed by atoms with E-state index in [1.54, 1.807) is 11.8 Å². The third-order valence-electron chi connectivity index (χ3n) is 2.85. The minimum atomic E-state index is -0.528. The first-order valence-electron chi connectivity index (χ1n) is 4.54. The smallest absolute Gasteiger partial charge is 0.0937 e. The highest BCUT2D eigenvalue weighted by Crippen LogP contribution is 2.53. The highest BCUT2D eigenvalue weighted by Gasteiger charge is 2.51. The Bertz CT molecular complexity index is 324. The van der Waals surface area contributed by atoms with Crippen LogP contribution in [0.15, 0.2) is 29.2 Å². The molecule has 1 N–H and O–H groups in total. The van der Waals surface area contributed by atoms with E-state index in [-0.39, 0.29) is 0 Å². The lowest BCUT2D eigenvalue weighted by Gasteiger charge is -2.13. The molecule has 1 aliphatic carbocycles. The van der Waals surface area contributed by atoms with E-state index in [4.69, 9.17) is 0 Å². The van der Waals surface area contributed by atoms with Crippen molar-refractivity contribution in [2.45, 2.75) is 23.8 Å². The second kappa shape index (κ2) is 3.03. The summed E-state index contributed by atoms with van der Waals surface area (Å²) in [4.78, 5) is 1.20. The van der Waals surface area contributed by atoms with Crippen LogP contribution in [0.25, 0.3) is 0 Å². The second-order valence-corrected chi connectivity index (χ2v) is 4.58. The topological polar surface area (TPSA) is 20.2 Å². The second-order valence-electron chi connectivity index (χ2n) is 3.73. The molecule has 0 bridgehead atoms. The molecule has 2 unspecified atom stereocenters. The van der Waals surface area contributed by atoms with Crippen molar-refractivity contribution in [3.8, 4) is 0 Å². The molecule has 1 aromatic carbocycles. The zero-order valence-electron chi connectivity index (χ0n) is 7.95. The van der Waals surface area contributed by atoms with Gasteiger partial charge in [-0.25, -0.2) is 0 Å². The Hall–Kier alpha value is -0.470. The van der Waals surface area contributed by atoms with Crippen molar-refractivity contribution >= 4 is 11.8 Å². The summed E-state index contributed by atoms with van der Waals surface area (Å²) in [6, 6.07) is 8.13. The fourth-order valence-corrected chi connectivity index (χ4v) is 2.46. The average Bonchev–Trinajstić information content (AvgIpc) is 2.76. The molecule has 0 radical (unpaired) electrons. The summed E-state index contributed by atoms with van der Waals surface area (Å²) in [6.07, 6.45) is 2.96. The lowest BCUT2D eigenvalue weighted by atomic mass is 10.1. The molecule has 2 rings (SSSR count). The van der Waals surface area contributed by atoms with Gasteiger partial charge in [0.15, 0.2) is 0 Å². The Morgan fingerprint density at radius 2 is 2.08 bits per heavy atom. The lowest BCUT2D eigenvalue weighted by molar-refractivity contribution is 0.132. The largest absolute Gasteiger partial charge is 0.385 e. The Morgan fingerprint density at radius 3 is 2.62 bits per heavy atom. The first kappa shape index (κ1) is 9.10. The van der Waals surface area contributed by atoms with Gasteiger partial charge in [-0.3, -0.25) is 0 Å². The van der Waals surface area contributed by atoms with Crippen molar-refractivity contribution in [3.05, 3.63) is 29.8 Å². The molecule has 1 fully saturated rings. The van der Waals surface area contributed by atoms with Crippen LogP contribution in [0.5, 0.6) is 0 Å². The molecule has 0 saturated heterocycles. The number of hydrogen-bond acceptors (Lipinski definition) is 2. The molecule has 1 aromatic rings. The molecule has 2 heteroatoms. The van der Waals surface area contributed by atoms with Gasteiger partial charge in [0.2, 0.25) is 0 Å². The Kier molecular flexibility index (Phi) is 2.12. The summed E-state index contributed by atoms with van der Waals surface area (Å²) in [6.45, 7) is 2.09. The molecule has 0 amide bonds. The molecule has 13 heavy (non-hydrogen) atoms. The lowest BCUT2D eigenvalue weighted by Crippen LogP contribution is -2.08.